The van der Waals surface area contributed by atoms with Gasteiger partial charge >= 0.3 is 0 Å². The molecule has 0 spiro atoms. The number of para-hydroxylation sites is 2. The molecule has 0 aliphatic heterocycles. The fourth-order valence-corrected chi connectivity index (χ4v) is 2.21. The molecule has 0 radical (unpaired) electrons. The lowest BCUT2D eigenvalue weighted by molar-refractivity contribution is 0.0731. The van der Waals surface area contributed by atoms with Gasteiger partial charge < -0.3 is 0 Å². The van der Waals surface area contributed by atoms with Crippen LogP contribution in [0.3, 0.4) is 0 Å². The summed E-state index contributed by atoms with van der Waals surface area (Å²) < 4.78 is 0. The Labute approximate surface area is 138 Å². The molecule has 3 N–H and O–H groups in total. The summed E-state index contributed by atoms with van der Waals surface area (Å²) in [7, 11) is 0. The molecular weight excluding hydrogens is 306 g/mol. The number of hydrazine groups is 1. The topological polar surface area (TPSA) is 90.4 Å². The fraction of sp³-hybridized carbons (Fsp3) is 0. The molecule has 3 rings (SSSR count). The van der Waals surface area contributed by atoms with E-state index in [1.807, 2.05) is 71.0 Å². The van der Waals surface area contributed by atoms with E-state index in [4.69, 9.17) is 5.21 Å². The van der Waals surface area contributed by atoms with E-state index in [-0.39, 0.29) is 5.56 Å². The van der Waals surface area contributed by atoms with E-state index in [0.29, 0.717) is 5.95 Å². The van der Waals surface area contributed by atoms with Gasteiger partial charge in [-0.2, -0.15) is 0 Å². The third kappa shape index (κ3) is 3.37. The summed E-state index contributed by atoms with van der Waals surface area (Å²) >= 11 is 0. The highest BCUT2D eigenvalue weighted by molar-refractivity contribution is 5.93. The number of carbonyl (C=O) groups is 1. The summed E-state index contributed by atoms with van der Waals surface area (Å²) in [4.78, 5) is 22.1. The van der Waals surface area contributed by atoms with Crippen LogP contribution in [0.4, 0.5) is 17.3 Å². The average molecular weight is 321 g/mol. The SMILES string of the molecule is O=C(NNO)c1cnc(N(c2ccccc2)c2ccccc2)nc1. The van der Waals surface area contributed by atoms with Crippen LogP contribution in [0.2, 0.25) is 0 Å². The quantitative estimate of drug-likeness (QED) is 0.626. The molecule has 0 atom stereocenters. The Hall–Kier alpha value is -3.29. The van der Waals surface area contributed by atoms with Gasteiger partial charge in [-0.3, -0.25) is 20.3 Å². The molecule has 1 heterocycles. The number of benzene rings is 2. The van der Waals surface area contributed by atoms with Gasteiger partial charge in [0.15, 0.2) is 0 Å². The highest BCUT2D eigenvalue weighted by atomic mass is 16.5. The second kappa shape index (κ2) is 7.32. The minimum Gasteiger partial charge on any atom is -0.297 e. The molecule has 0 aliphatic carbocycles. The second-order valence-electron chi connectivity index (χ2n) is 4.84. The summed E-state index contributed by atoms with van der Waals surface area (Å²) in [6.07, 6.45) is 2.79. The number of anilines is 3. The van der Waals surface area contributed by atoms with Gasteiger partial charge in [0.1, 0.15) is 0 Å². The molecule has 3 aromatic rings. The molecule has 2 aromatic carbocycles. The number of hydrogen-bond acceptors (Lipinski definition) is 6. The number of aromatic nitrogens is 2. The standard InChI is InChI=1S/C17H15N5O2/c23-16(20-21-24)13-11-18-17(19-12-13)22(14-7-3-1-4-8-14)15-9-5-2-6-10-15/h1-12,21,24H,(H,20,23). The van der Waals surface area contributed by atoms with E-state index in [2.05, 4.69) is 9.97 Å². The third-order valence-corrected chi connectivity index (χ3v) is 3.30. The Morgan fingerprint density at radius 2 is 1.38 bits per heavy atom. The summed E-state index contributed by atoms with van der Waals surface area (Å²) in [5, 5.41) is 8.51. The Balaban J connectivity index is 1.99. The minimum atomic E-state index is -0.532. The van der Waals surface area contributed by atoms with Crippen LogP contribution >= 0.6 is 0 Å². The zero-order valence-electron chi connectivity index (χ0n) is 12.6. The van der Waals surface area contributed by atoms with Gasteiger partial charge in [-0.1, -0.05) is 36.4 Å². The summed E-state index contributed by atoms with van der Waals surface area (Å²) in [5.41, 5.74) is 5.66. The molecule has 0 saturated carbocycles. The Kier molecular flexibility index (Phi) is 4.76. The lowest BCUT2D eigenvalue weighted by Gasteiger charge is -2.22. The van der Waals surface area contributed by atoms with Gasteiger partial charge in [-0.05, 0) is 24.3 Å². The maximum Gasteiger partial charge on any atom is 0.270 e. The first kappa shape index (κ1) is 15.6. The second-order valence-corrected chi connectivity index (χ2v) is 4.84. The zero-order chi connectivity index (χ0) is 16.8. The summed E-state index contributed by atoms with van der Waals surface area (Å²) in [6, 6.07) is 19.4. The molecule has 7 nitrogen and oxygen atoms in total. The van der Waals surface area contributed by atoms with E-state index < -0.39 is 5.91 Å². The van der Waals surface area contributed by atoms with Crippen molar-refractivity contribution in [3.8, 4) is 0 Å². The molecule has 0 unspecified atom stereocenters. The molecule has 1 aromatic heterocycles. The number of amides is 1. The van der Waals surface area contributed by atoms with Crippen molar-refractivity contribution in [2.75, 3.05) is 4.90 Å². The van der Waals surface area contributed by atoms with Crippen molar-refractivity contribution in [1.29, 1.82) is 0 Å². The number of nitrogens with zero attached hydrogens (tertiary/aromatic N) is 3. The van der Waals surface area contributed by atoms with E-state index in [1.54, 1.807) is 5.59 Å². The van der Waals surface area contributed by atoms with Crippen LogP contribution in [0.25, 0.3) is 0 Å². The maximum atomic E-state index is 11.6. The predicted molar refractivity (Wildman–Crippen MR) is 89.1 cm³/mol. The number of nitrogens with one attached hydrogen (secondary N) is 2. The fourth-order valence-electron chi connectivity index (χ4n) is 2.21. The minimum absolute atomic E-state index is 0.223. The highest BCUT2D eigenvalue weighted by Crippen LogP contribution is 2.31. The van der Waals surface area contributed by atoms with Crippen LogP contribution in [-0.2, 0) is 0 Å². The van der Waals surface area contributed by atoms with Crippen LogP contribution in [0, 0.1) is 0 Å². The van der Waals surface area contributed by atoms with E-state index in [9.17, 15) is 4.79 Å². The number of hydrogen-bond donors (Lipinski definition) is 3. The van der Waals surface area contributed by atoms with Crippen LogP contribution in [0.1, 0.15) is 10.4 Å². The first-order chi connectivity index (χ1) is 11.8. The van der Waals surface area contributed by atoms with Crippen molar-refractivity contribution < 1.29 is 10.0 Å². The summed E-state index contributed by atoms with van der Waals surface area (Å²) in [6.45, 7) is 0. The Bertz CT molecular complexity index is 755. The van der Waals surface area contributed by atoms with Crippen LogP contribution in [0.15, 0.2) is 73.1 Å². The Morgan fingerprint density at radius 3 is 1.83 bits per heavy atom. The third-order valence-electron chi connectivity index (χ3n) is 3.30. The molecule has 0 fully saturated rings. The van der Waals surface area contributed by atoms with Gasteiger partial charge in [0.25, 0.3) is 5.91 Å². The highest BCUT2D eigenvalue weighted by Gasteiger charge is 2.15. The first-order valence-electron chi connectivity index (χ1n) is 7.21. The zero-order valence-corrected chi connectivity index (χ0v) is 12.6. The van der Waals surface area contributed by atoms with Crippen molar-refractivity contribution in [2.24, 2.45) is 0 Å². The Morgan fingerprint density at radius 1 is 0.875 bits per heavy atom. The van der Waals surface area contributed by atoms with Crippen molar-refractivity contribution in [1.82, 2.24) is 21.0 Å². The lowest BCUT2D eigenvalue weighted by Crippen LogP contribution is -2.34. The normalized spacial score (nSPS) is 10.2. The van der Waals surface area contributed by atoms with Gasteiger partial charge in [0.2, 0.25) is 5.95 Å². The van der Waals surface area contributed by atoms with Crippen molar-refractivity contribution in [3.63, 3.8) is 0 Å². The molecule has 1 amide bonds. The molecule has 24 heavy (non-hydrogen) atoms. The van der Waals surface area contributed by atoms with Crippen LogP contribution < -0.4 is 15.9 Å². The van der Waals surface area contributed by atoms with Crippen LogP contribution in [-0.4, -0.2) is 21.1 Å². The smallest absolute Gasteiger partial charge is 0.270 e. The van der Waals surface area contributed by atoms with Crippen molar-refractivity contribution in [2.45, 2.75) is 0 Å². The molecule has 7 heteroatoms. The van der Waals surface area contributed by atoms with Gasteiger partial charge in [-0.15, -0.1) is 5.59 Å². The van der Waals surface area contributed by atoms with Crippen LogP contribution in [0.5, 0.6) is 0 Å². The lowest BCUT2D eigenvalue weighted by atomic mass is 10.2. The molecule has 0 bridgehead atoms. The van der Waals surface area contributed by atoms with Gasteiger partial charge in [0, 0.05) is 23.8 Å². The van der Waals surface area contributed by atoms with Crippen molar-refractivity contribution >= 4 is 23.2 Å². The molecule has 120 valence electrons. The van der Waals surface area contributed by atoms with Gasteiger partial charge in [-0.25, -0.2) is 9.97 Å². The maximum absolute atomic E-state index is 11.6. The van der Waals surface area contributed by atoms with Crippen molar-refractivity contribution in [3.05, 3.63) is 78.6 Å². The predicted octanol–water partition coefficient (Wildman–Crippen LogP) is 2.57. The van der Waals surface area contributed by atoms with E-state index >= 15 is 0 Å². The monoisotopic (exact) mass is 321 g/mol. The number of carbonyl (C=O) groups excluding carboxylic acids is 1. The van der Waals surface area contributed by atoms with E-state index in [0.717, 1.165) is 11.4 Å². The first-order valence-corrected chi connectivity index (χ1v) is 7.21. The molecule has 0 aliphatic rings. The van der Waals surface area contributed by atoms with Gasteiger partial charge in [0.05, 0.1) is 5.56 Å². The molecular formula is C17H15N5O2. The largest absolute Gasteiger partial charge is 0.297 e. The summed E-state index contributed by atoms with van der Waals surface area (Å²) in [5.74, 6) is -0.101. The van der Waals surface area contributed by atoms with E-state index in [1.165, 1.54) is 12.4 Å². The number of rotatable bonds is 5. The average Bonchev–Trinajstić information content (AvgIpc) is 2.64. The molecule has 0 saturated heterocycles.